The van der Waals surface area contributed by atoms with Crippen molar-refractivity contribution in [3.05, 3.63) is 119 Å². The average Bonchev–Trinajstić information content (AvgIpc) is 3.38. The second kappa shape index (κ2) is 7.65. The van der Waals surface area contributed by atoms with Crippen LogP contribution in [0.4, 0.5) is 0 Å². The normalized spacial score (nSPS) is 16.7. The molecule has 0 unspecified atom stereocenters. The van der Waals surface area contributed by atoms with E-state index in [1.54, 1.807) is 0 Å². The van der Waals surface area contributed by atoms with Gasteiger partial charge in [0.05, 0.1) is 0 Å². The lowest BCUT2D eigenvalue weighted by Gasteiger charge is -2.62. The Balaban J connectivity index is 1.95. The zero-order valence-corrected chi connectivity index (χ0v) is 21.5. The van der Waals surface area contributed by atoms with Gasteiger partial charge in [0.15, 0.2) is 0 Å². The molecule has 6 rings (SSSR count). The fourth-order valence-electron chi connectivity index (χ4n) is 7.99. The Bertz CT molecular complexity index is 1270. The zero-order valence-electron chi connectivity index (χ0n) is 21.5. The Morgan fingerprint density at radius 3 is 0.889 bits per heavy atom. The number of aliphatic hydroxyl groups is 2. The van der Waals surface area contributed by atoms with Gasteiger partial charge in [-0.05, 0) is 44.5 Å². The molecule has 36 heavy (non-hydrogen) atoms. The molecule has 0 radical (unpaired) electrons. The molecule has 0 saturated heterocycles. The molecule has 4 aromatic carbocycles. The molecule has 0 heterocycles. The van der Waals surface area contributed by atoms with Crippen LogP contribution in [0, 0.1) is 10.8 Å². The molecular formula is C34H34O2. The SMILES string of the molecule is CC(C)(CO)C1(C2(C(C)(C)CO)c3ccccc3-c3ccccc32)c2ccccc2-c2ccccc21. The van der Waals surface area contributed by atoms with Crippen LogP contribution in [0.15, 0.2) is 97.1 Å². The average molecular weight is 475 g/mol. The lowest BCUT2D eigenvalue weighted by molar-refractivity contribution is -0.0199. The van der Waals surface area contributed by atoms with Crippen molar-refractivity contribution in [1.82, 2.24) is 0 Å². The summed E-state index contributed by atoms with van der Waals surface area (Å²) in [6, 6.07) is 34.8. The fraction of sp³-hybridized carbons (Fsp3) is 0.294. The standard InChI is InChI=1S/C34H34O2/c1-31(2,21-35)33(27-17-9-5-13-23(27)24-14-6-10-18-28(24)33)34(32(3,4)22-36)29-19-11-7-15-25(29)26-16-8-12-20-30(26)34/h5-20,35-36H,21-22H2,1-4H3. The summed E-state index contributed by atoms with van der Waals surface area (Å²) in [4.78, 5) is 0. The van der Waals surface area contributed by atoms with Crippen LogP contribution >= 0.6 is 0 Å². The summed E-state index contributed by atoms with van der Waals surface area (Å²) in [5, 5.41) is 22.4. The van der Waals surface area contributed by atoms with E-state index in [-0.39, 0.29) is 13.2 Å². The smallest absolute Gasteiger partial charge is 0.0494 e. The molecule has 2 aliphatic carbocycles. The quantitative estimate of drug-likeness (QED) is 0.328. The van der Waals surface area contributed by atoms with Gasteiger partial charge in [0.2, 0.25) is 0 Å². The minimum absolute atomic E-state index is 0.00324. The first-order valence-electron chi connectivity index (χ1n) is 12.9. The van der Waals surface area contributed by atoms with E-state index in [4.69, 9.17) is 0 Å². The zero-order chi connectivity index (χ0) is 25.3. The third-order valence-electron chi connectivity index (χ3n) is 9.29. The van der Waals surface area contributed by atoms with Crippen LogP contribution in [0.3, 0.4) is 0 Å². The number of benzene rings is 4. The maximum atomic E-state index is 11.2. The van der Waals surface area contributed by atoms with Crippen molar-refractivity contribution in [3.8, 4) is 22.3 Å². The third-order valence-corrected chi connectivity index (χ3v) is 9.29. The van der Waals surface area contributed by atoms with Crippen molar-refractivity contribution in [1.29, 1.82) is 0 Å². The van der Waals surface area contributed by atoms with E-state index in [1.807, 2.05) is 0 Å². The van der Waals surface area contributed by atoms with Gasteiger partial charge in [-0.25, -0.2) is 0 Å². The van der Waals surface area contributed by atoms with Gasteiger partial charge in [-0.3, -0.25) is 0 Å². The summed E-state index contributed by atoms with van der Waals surface area (Å²) in [6.07, 6.45) is 0. The molecule has 2 heteroatoms. The number of hydrogen-bond donors (Lipinski definition) is 2. The molecule has 0 bridgehead atoms. The summed E-state index contributed by atoms with van der Waals surface area (Å²) >= 11 is 0. The molecule has 0 atom stereocenters. The highest BCUT2D eigenvalue weighted by molar-refractivity contribution is 5.90. The molecule has 4 aromatic rings. The third kappa shape index (κ3) is 2.44. The van der Waals surface area contributed by atoms with Gasteiger partial charge in [-0.2, -0.15) is 0 Å². The largest absolute Gasteiger partial charge is 0.396 e. The number of rotatable bonds is 5. The van der Waals surface area contributed by atoms with Crippen LogP contribution in [0.1, 0.15) is 49.9 Å². The molecule has 0 aromatic heterocycles. The van der Waals surface area contributed by atoms with E-state index in [9.17, 15) is 10.2 Å². The molecule has 0 spiro atoms. The molecule has 0 saturated carbocycles. The number of hydrogen-bond acceptors (Lipinski definition) is 2. The first-order valence-corrected chi connectivity index (χ1v) is 12.9. The molecule has 2 nitrogen and oxygen atoms in total. The second-order valence-electron chi connectivity index (χ2n) is 11.8. The summed E-state index contributed by atoms with van der Waals surface area (Å²) in [7, 11) is 0. The van der Waals surface area contributed by atoms with Crippen LogP contribution in [0.25, 0.3) is 22.3 Å². The molecule has 2 N–H and O–H groups in total. The highest BCUT2D eigenvalue weighted by Crippen LogP contribution is 2.74. The van der Waals surface area contributed by atoms with Gasteiger partial charge in [0.1, 0.15) is 0 Å². The van der Waals surface area contributed by atoms with E-state index in [0.29, 0.717) is 0 Å². The second-order valence-corrected chi connectivity index (χ2v) is 11.8. The van der Waals surface area contributed by atoms with Crippen molar-refractivity contribution in [2.75, 3.05) is 13.2 Å². The summed E-state index contributed by atoms with van der Waals surface area (Å²) in [5.41, 5.74) is 7.27. The monoisotopic (exact) mass is 474 g/mol. The lowest BCUT2D eigenvalue weighted by atomic mass is 9.39. The Hall–Kier alpha value is -3.20. The van der Waals surface area contributed by atoms with Crippen LogP contribution in [-0.4, -0.2) is 23.4 Å². The maximum absolute atomic E-state index is 11.2. The highest BCUT2D eigenvalue weighted by atomic mass is 16.3. The highest BCUT2D eigenvalue weighted by Gasteiger charge is 2.71. The lowest BCUT2D eigenvalue weighted by Crippen LogP contribution is -2.65. The van der Waals surface area contributed by atoms with Gasteiger partial charge in [0.25, 0.3) is 0 Å². The summed E-state index contributed by atoms with van der Waals surface area (Å²) in [6.45, 7) is 8.80. The maximum Gasteiger partial charge on any atom is 0.0494 e. The number of aliphatic hydroxyl groups excluding tert-OH is 2. The van der Waals surface area contributed by atoms with Gasteiger partial charge >= 0.3 is 0 Å². The van der Waals surface area contributed by atoms with E-state index in [0.717, 1.165) is 0 Å². The van der Waals surface area contributed by atoms with Gasteiger partial charge in [-0.1, -0.05) is 125 Å². The minimum Gasteiger partial charge on any atom is -0.396 e. The van der Waals surface area contributed by atoms with Crippen LogP contribution in [-0.2, 0) is 10.8 Å². The molecule has 2 aliphatic rings. The Kier molecular flexibility index (Phi) is 4.93. The van der Waals surface area contributed by atoms with Gasteiger partial charge in [-0.15, -0.1) is 0 Å². The van der Waals surface area contributed by atoms with E-state index in [1.165, 1.54) is 44.5 Å². The van der Waals surface area contributed by atoms with E-state index >= 15 is 0 Å². The molecule has 0 amide bonds. The van der Waals surface area contributed by atoms with E-state index in [2.05, 4.69) is 125 Å². The molecular weight excluding hydrogens is 440 g/mol. The molecule has 0 fully saturated rings. The van der Waals surface area contributed by atoms with Crippen molar-refractivity contribution >= 4 is 0 Å². The van der Waals surface area contributed by atoms with Gasteiger partial charge < -0.3 is 10.2 Å². The molecule has 0 aliphatic heterocycles. The van der Waals surface area contributed by atoms with E-state index < -0.39 is 21.7 Å². The predicted octanol–water partition coefficient (Wildman–Crippen LogP) is 6.96. The van der Waals surface area contributed by atoms with Crippen LogP contribution in [0.5, 0.6) is 0 Å². The van der Waals surface area contributed by atoms with Crippen molar-refractivity contribution in [3.63, 3.8) is 0 Å². The first-order chi connectivity index (χ1) is 17.3. The Morgan fingerprint density at radius 1 is 0.444 bits per heavy atom. The summed E-state index contributed by atoms with van der Waals surface area (Å²) in [5.74, 6) is 0. The van der Waals surface area contributed by atoms with Crippen molar-refractivity contribution in [2.45, 2.75) is 38.5 Å². The van der Waals surface area contributed by atoms with Crippen LogP contribution < -0.4 is 0 Å². The first kappa shape index (κ1) is 23.2. The van der Waals surface area contributed by atoms with Crippen molar-refractivity contribution in [2.24, 2.45) is 10.8 Å². The fourth-order valence-corrected chi connectivity index (χ4v) is 7.99. The predicted molar refractivity (Wildman–Crippen MR) is 147 cm³/mol. The molecule has 182 valence electrons. The topological polar surface area (TPSA) is 40.5 Å². The summed E-state index contributed by atoms with van der Waals surface area (Å²) < 4.78 is 0. The Morgan fingerprint density at radius 2 is 0.667 bits per heavy atom. The Labute approximate surface area is 214 Å². The minimum atomic E-state index is -0.656. The van der Waals surface area contributed by atoms with Crippen LogP contribution in [0.2, 0.25) is 0 Å². The number of fused-ring (bicyclic) bond motifs is 6. The van der Waals surface area contributed by atoms with Gasteiger partial charge in [0, 0.05) is 34.9 Å². The van der Waals surface area contributed by atoms with Crippen molar-refractivity contribution < 1.29 is 10.2 Å².